The van der Waals surface area contributed by atoms with Gasteiger partial charge in [-0.05, 0) is 54.9 Å². The van der Waals surface area contributed by atoms with Crippen molar-refractivity contribution in [3.8, 4) is 11.3 Å². The maximum atomic E-state index is 12.9. The Balaban J connectivity index is 1.42. The highest BCUT2D eigenvalue weighted by molar-refractivity contribution is 7.16. The normalized spacial score (nSPS) is 18.9. The van der Waals surface area contributed by atoms with Crippen LogP contribution in [0, 0.1) is 0 Å². The van der Waals surface area contributed by atoms with Crippen molar-refractivity contribution in [1.29, 1.82) is 0 Å². The molecule has 2 aliphatic rings. The van der Waals surface area contributed by atoms with Gasteiger partial charge in [0.2, 0.25) is 0 Å². The molecule has 1 atom stereocenters. The minimum absolute atomic E-state index is 0.0226. The molecule has 0 fully saturated rings. The van der Waals surface area contributed by atoms with Gasteiger partial charge in [0, 0.05) is 28.6 Å². The molecule has 5 nitrogen and oxygen atoms in total. The van der Waals surface area contributed by atoms with Crippen molar-refractivity contribution in [1.82, 2.24) is 10.2 Å². The van der Waals surface area contributed by atoms with Crippen LogP contribution in [0.5, 0.6) is 0 Å². The van der Waals surface area contributed by atoms with Crippen LogP contribution < -0.4 is 10.6 Å². The number of nitrogens with zero attached hydrogens (tertiary/aromatic N) is 1. The largest absolute Gasteiger partial charge is 0.457 e. The molecule has 0 bridgehead atoms. The number of likely N-dealkylation sites (N-methyl/N-ethyl adjacent to an activating group) is 1. The molecule has 0 spiro atoms. The molecule has 4 heterocycles. The van der Waals surface area contributed by atoms with Crippen molar-refractivity contribution in [3.05, 3.63) is 63.2 Å². The average molecular weight is 414 g/mol. The van der Waals surface area contributed by atoms with E-state index in [1.54, 1.807) is 11.3 Å². The Bertz CT molecular complexity index is 1040. The fourth-order valence-electron chi connectivity index (χ4n) is 3.86. The zero-order valence-corrected chi connectivity index (χ0v) is 17.0. The Morgan fingerprint density at radius 3 is 2.82 bits per heavy atom. The summed E-state index contributed by atoms with van der Waals surface area (Å²) in [6.45, 7) is 5.13. The number of rotatable bonds is 3. The number of thiophene rings is 1. The molecular weight excluding hydrogens is 394 g/mol. The summed E-state index contributed by atoms with van der Waals surface area (Å²) in [7, 11) is 0. The van der Waals surface area contributed by atoms with E-state index < -0.39 is 0 Å². The fourth-order valence-corrected chi connectivity index (χ4v) is 5.30. The van der Waals surface area contributed by atoms with Crippen molar-refractivity contribution in [3.63, 3.8) is 0 Å². The summed E-state index contributed by atoms with van der Waals surface area (Å²) in [5, 5.41) is 8.15. The van der Waals surface area contributed by atoms with Crippen LogP contribution in [0.2, 0.25) is 5.02 Å². The van der Waals surface area contributed by atoms with Gasteiger partial charge in [0.05, 0.1) is 5.56 Å². The number of fused-ring (bicyclic) bond motifs is 3. The van der Waals surface area contributed by atoms with Crippen LogP contribution in [0.25, 0.3) is 11.3 Å². The minimum atomic E-state index is -0.372. The highest BCUT2D eigenvalue weighted by Crippen LogP contribution is 2.41. The van der Waals surface area contributed by atoms with Crippen LogP contribution in [-0.4, -0.2) is 23.9 Å². The second-order valence-electron chi connectivity index (χ2n) is 7.09. The van der Waals surface area contributed by atoms with E-state index in [0.717, 1.165) is 47.9 Å². The summed E-state index contributed by atoms with van der Waals surface area (Å²) in [4.78, 5) is 16.6. The first-order valence-electron chi connectivity index (χ1n) is 9.42. The number of carbonyl (C=O) groups is 1. The molecule has 144 valence electrons. The first-order valence-corrected chi connectivity index (χ1v) is 10.6. The van der Waals surface area contributed by atoms with Crippen LogP contribution in [0.3, 0.4) is 0 Å². The molecule has 0 saturated carbocycles. The molecule has 2 aromatic heterocycles. The fraction of sp³-hybridized carbons (Fsp3) is 0.286. The molecule has 2 aliphatic heterocycles. The van der Waals surface area contributed by atoms with E-state index in [1.165, 1.54) is 10.4 Å². The Kier molecular flexibility index (Phi) is 4.42. The maximum Gasteiger partial charge on any atom is 0.256 e. The molecule has 28 heavy (non-hydrogen) atoms. The third-order valence-electron chi connectivity index (χ3n) is 5.40. The van der Waals surface area contributed by atoms with Crippen molar-refractivity contribution in [2.45, 2.75) is 26.1 Å². The number of amides is 1. The number of furan rings is 1. The second kappa shape index (κ2) is 6.95. The lowest BCUT2D eigenvalue weighted by molar-refractivity contribution is 0.0930. The van der Waals surface area contributed by atoms with Crippen LogP contribution >= 0.6 is 22.9 Å². The summed E-state index contributed by atoms with van der Waals surface area (Å²) < 4.78 is 6.03. The molecule has 0 aliphatic carbocycles. The van der Waals surface area contributed by atoms with Gasteiger partial charge in [0.25, 0.3) is 5.91 Å². The summed E-state index contributed by atoms with van der Waals surface area (Å²) in [6, 6.07) is 11.3. The van der Waals surface area contributed by atoms with Gasteiger partial charge < -0.3 is 15.1 Å². The topological polar surface area (TPSA) is 57.5 Å². The monoisotopic (exact) mass is 413 g/mol. The van der Waals surface area contributed by atoms with E-state index in [0.29, 0.717) is 10.8 Å². The average Bonchev–Trinajstić information content (AvgIpc) is 3.32. The van der Waals surface area contributed by atoms with Gasteiger partial charge in [0.1, 0.15) is 16.5 Å². The molecule has 2 N–H and O–H groups in total. The van der Waals surface area contributed by atoms with E-state index in [-0.39, 0.29) is 12.1 Å². The van der Waals surface area contributed by atoms with Gasteiger partial charge in [-0.25, -0.2) is 0 Å². The van der Waals surface area contributed by atoms with Gasteiger partial charge in [-0.2, -0.15) is 0 Å². The zero-order chi connectivity index (χ0) is 19.3. The molecule has 3 aromatic rings. The van der Waals surface area contributed by atoms with E-state index in [9.17, 15) is 4.79 Å². The smallest absolute Gasteiger partial charge is 0.256 e. The van der Waals surface area contributed by atoms with E-state index in [1.807, 2.05) is 36.4 Å². The molecule has 1 aromatic carbocycles. The quantitative estimate of drug-likeness (QED) is 0.641. The van der Waals surface area contributed by atoms with Crippen molar-refractivity contribution in [2.24, 2.45) is 0 Å². The van der Waals surface area contributed by atoms with Crippen LogP contribution in [0.4, 0.5) is 5.00 Å². The Morgan fingerprint density at radius 2 is 2.04 bits per heavy atom. The predicted octanol–water partition coefficient (Wildman–Crippen LogP) is 4.89. The number of anilines is 1. The molecular formula is C21H20ClN3O2S. The lowest BCUT2D eigenvalue weighted by atomic mass is 10.0. The SMILES string of the molecule is CCN1CCc2c(sc3c2C(=O)NC(c2ccc(-c4ccc(Cl)cc4)o2)N3)C1. The molecule has 5 rings (SSSR count). The molecule has 0 radical (unpaired) electrons. The molecule has 1 unspecified atom stereocenters. The lowest BCUT2D eigenvalue weighted by Gasteiger charge is -2.27. The number of hydrogen-bond acceptors (Lipinski definition) is 5. The maximum absolute atomic E-state index is 12.9. The van der Waals surface area contributed by atoms with Gasteiger partial charge in [0.15, 0.2) is 6.17 Å². The summed E-state index contributed by atoms with van der Waals surface area (Å²) in [5.41, 5.74) is 2.97. The number of nitrogens with one attached hydrogen (secondary N) is 2. The minimum Gasteiger partial charge on any atom is -0.457 e. The molecule has 0 saturated heterocycles. The predicted molar refractivity (Wildman–Crippen MR) is 112 cm³/mol. The molecule has 1 amide bonds. The first kappa shape index (κ1) is 17.8. The summed E-state index contributed by atoms with van der Waals surface area (Å²) in [6.07, 6.45) is 0.555. The van der Waals surface area contributed by atoms with Gasteiger partial charge in [-0.15, -0.1) is 11.3 Å². The van der Waals surface area contributed by atoms with Crippen LogP contribution in [-0.2, 0) is 13.0 Å². The van der Waals surface area contributed by atoms with Gasteiger partial charge in [-0.3, -0.25) is 9.69 Å². The van der Waals surface area contributed by atoms with E-state index >= 15 is 0 Å². The number of benzene rings is 1. The van der Waals surface area contributed by atoms with Crippen LogP contribution in [0.15, 0.2) is 40.8 Å². The Hall–Kier alpha value is -2.28. The third-order valence-corrected chi connectivity index (χ3v) is 6.80. The number of halogens is 1. The number of carbonyl (C=O) groups excluding carboxylic acids is 1. The van der Waals surface area contributed by atoms with E-state index in [4.69, 9.17) is 16.0 Å². The van der Waals surface area contributed by atoms with Gasteiger partial charge >= 0.3 is 0 Å². The molecule has 7 heteroatoms. The lowest BCUT2D eigenvalue weighted by Crippen LogP contribution is -2.38. The zero-order valence-electron chi connectivity index (χ0n) is 15.4. The van der Waals surface area contributed by atoms with Crippen LogP contribution in [0.1, 0.15) is 39.6 Å². The first-order chi connectivity index (χ1) is 13.6. The summed E-state index contributed by atoms with van der Waals surface area (Å²) >= 11 is 7.66. The van der Waals surface area contributed by atoms with Crippen molar-refractivity contribution in [2.75, 3.05) is 18.4 Å². The number of hydrogen-bond donors (Lipinski definition) is 2. The Labute approximate surface area is 172 Å². The highest BCUT2D eigenvalue weighted by Gasteiger charge is 2.34. The van der Waals surface area contributed by atoms with E-state index in [2.05, 4.69) is 22.5 Å². The third kappa shape index (κ3) is 3.02. The Morgan fingerprint density at radius 1 is 1.21 bits per heavy atom. The second-order valence-corrected chi connectivity index (χ2v) is 8.63. The van der Waals surface area contributed by atoms with Gasteiger partial charge in [-0.1, -0.05) is 18.5 Å². The standard InChI is InChI=1S/C21H20ClN3O2S/c1-2-25-10-9-14-17(11-25)28-21-18(14)20(26)23-19(24-21)16-8-7-15(27-16)12-3-5-13(22)6-4-12/h3-8,19,24H,2,9-11H2,1H3,(H,23,26). The highest BCUT2D eigenvalue weighted by atomic mass is 35.5. The van der Waals surface area contributed by atoms with Crippen molar-refractivity contribution >= 4 is 33.8 Å². The van der Waals surface area contributed by atoms with Crippen molar-refractivity contribution < 1.29 is 9.21 Å². The summed E-state index contributed by atoms with van der Waals surface area (Å²) in [5.74, 6) is 1.41.